The molecule has 2 rings (SSSR count). The number of nitrogens with zero attached hydrogens (tertiary/aromatic N) is 3. The lowest BCUT2D eigenvalue weighted by Gasteiger charge is -2.21. The maximum absolute atomic E-state index is 11.5. The minimum absolute atomic E-state index is 0.0779. The van der Waals surface area contributed by atoms with Crippen LogP contribution in [0.5, 0.6) is 0 Å². The minimum Gasteiger partial charge on any atom is -0.382 e. The van der Waals surface area contributed by atoms with Gasteiger partial charge in [0.2, 0.25) is 0 Å². The van der Waals surface area contributed by atoms with Gasteiger partial charge in [-0.1, -0.05) is 25.8 Å². The van der Waals surface area contributed by atoms with E-state index >= 15 is 0 Å². The molecule has 1 fully saturated rings. The summed E-state index contributed by atoms with van der Waals surface area (Å²) in [6.07, 6.45) is 6.39. The van der Waals surface area contributed by atoms with Gasteiger partial charge in [-0.05, 0) is 18.9 Å². The van der Waals surface area contributed by atoms with Crippen LogP contribution in [0.25, 0.3) is 6.08 Å². The molecule has 106 valence electrons. The Morgan fingerprint density at radius 2 is 2.15 bits per heavy atom. The number of primary amides is 1. The first-order valence-electron chi connectivity index (χ1n) is 6.80. The lowest BCUT2D eigenvalue weighted by atomic mass is 9.96. The molecule has 1 aromatic rings. The number of carbonyl (C=O) groups excluding carboxylic acids is 1. The van der Waals surface area contributed by atoms with Crippen molar-refractivity contribution in [2.75, 3.05) is 5.73 Å². The molecule has 4 N–H and O–H groups in total. The quantitative estimate of drug-likeness (QED) is 0.818. The second-order valence-electron chi connectivity index (χ2n) is 5.10. The summed E-state index contributed by atoms with van der Waals surface area (Å²) in [4.78, 5) is 11.5. The summed E-state index contributed by atoms with van der Waals surface area (Å²) in [6.45, 7) is 3.71. The average Bonchev–Trinajstić information content (AvgIpc) is 2.61. The number of hydrogen-bond donors (Lipinski definition) is 2. The van der Waals surface area contributed by atoms with Crippen LogP contribution in [0.15, 0.2) is 6.58 Å². The number of rotatable bonds is 3. The van der Waals surface area contributed by atoms with E-state index in [0.717, 1.165) is 32.1 Å². The molecule has 6 heteroatoms. The summed E-state index contributed by atoms with van der Waals surface area (Å²) >= 11 is 0. The molecule has 0 radical (unpaired) electrons. The second-order valence-corrected chi connectivity index (χ2v) is 5.10. The molecule has 0 aromatic carbocycles. The number of nitrogens with two attached hydrogens (primary N) is 2. The number of nitriles is 1. The molecule has 0 aliphatic heterocycles. The number of carbonyl (C=O) groups is 1. The molecule has 1 heterocycles. The average molecular weight is 273 g/mol. The van der Waals surface area contributed by atoms with Crippen molar-refractivity contribution < 1.29 is 4.79 Å². The number of anilines is 1. The van der Waals surface area contributed by atoms with Crippen LogP contribution < -0.4 is 11.5 Å². The van der Waals surface area contributed by atoms with Gasteiger partial charge in [-0.25, -0.2) is 0 Å². The Labute approximate surface area is 118 Å². The molecule has 0 unspecified atom stereocenters. The SMILES string of the molecule is C=Cc1c(C(N)=O)c(N)nn1[C@@H]1CCCCC[C@H]1C#N. The van der Waals surface area contributed by atoms with Gasteiger partial charge in [0.1, 0.15) is 5.56 Å². The molecule has 20 heavy (non-hydrogen) atoms. The Hall–Kier alpha value is -2.29. The Balaban J connectivity index is 2.50. The zero-order chi connectivity index (χ0) is 14.7. The molecular formula is C14H19N5O. The highest BCUT2D eigenvalue weighted by Gasteiger charge is 2.30. The highest BCUT2D eigenvalue weighted by atomic mass is 16.1. The first-order valence-corrected chi connectivity index (χ1v) is 6.80. The normalized spacial score (nSPS) is 22.8. The molecule has 0 saturated heterocycles. The number of aromatic nitrogens is 2. The zero-order valence-electron chi connectivity index (χ0n) is 11.4. The molecule has 1 saturated carbocycles. The smallest absolute Gasteiger partial charge is 0.254 e. The summed E-state index contributed by atoms with van der Waals surface area (Å²) in [5.74, 6) is -0.643. The molecule has 1 aromatic heterocycles. The van der Waals surface area contributed by atoms with E-state index in [2.05, 4.69) is 17.7 Å². The fraction of sp³-hybridized carbons (Fsp3) is 0.500. The maximum Gasteiger partial charge on any atom is 0.254 e. The van der Waals surface area contributed by atoms with E-state index in [4.69, 9.17) is 11.5 Å². The van der Waals surface area contributed by atoms with Crippen molar-refractivity contribution in [1.82, 2.24) is 9.78 Å². The van der Waals surface area contributed by atoms with Gasteiger partial charge in [-0.3, -0.25) is 9.48 Å². The minimum atomic E-state index is -0.620. The third-order valence-corrected chi connectivity index (χ3v) is 3.87. The molecular weight excluding hydrogens is 254 g/mol. The van der Waals surface area contributed by atoms with Gasteiger partial charge >= 0.3 is 0 Å². The molecule has 0 spiro atoms. The van der Waals surface area contributed by atoms with Crippen molar-refractivity contribution >= 4 is 17.8 Å². The standard InChI is InChI=1S/C14H19N5O/c1-2-10-12(14(17)20)13(16)18-19(10)11-7-5-3-4-6-9(11)8-15/h2,9,11H,1,3-7H2,(H2,16,18)(H2,17,20)/t9-,11+/m0/s1. The van der Waals surface area contributed by atoms with Gasteiger partial charge in [-0.2, -0.15) is 10.4 Å². The lowest BCUT2D eigenvalue weighted by molar-refractivity contribution is 0.100. The first-order chi connectivity index (χ1) is 9.60. The monoisotopic (exact) mass is 273 g/mol. The molecule has 1 aliphatic rings. The first kappa shape index (κ1) is 14.1. The van der Waals surface area contributed by atoms with E-state index in [1.165, 1.54) is 6.08 Å². The van der Waals surface area contributed by atoms with Gasteiger partial charge in [0.15, 0.2) is 5.82 Å². The fourth-order valence-corrected chi connectivity index (χ4v) is 2.90. The summed E-state index contributed by atoms with van der Waals surface area (Å²) in [5, 5.41) is 13.6. The maximum atomic E-state index is 11.5. The molecule has 0 bridgehead atoms. The van der Waals surface area contributed by atoms with E-state index in [-0.39, 0.29) is 23.3 Å². The van der Waals surface area contributed by atoms with Crippen molar-refractivity contribution in [2.45, 2.75) is 38.1 Å². The predicted molar refractivity (Wildman–Crippen MR) is 76.5 cm³/mol. The van der Waals surface area contributed by atoms with Crippen molar-refractivity contribution in [3.05, 3.63) is 17.8 Å². The van der Waals surface area contributed by atoms with Crippen LogP contribution in [0, 0.1) is 17.2 Å². The van der Waals surface area contributed by atoms with E-state index in [0.29, 0.717) is 5.69 Å². The van der Waals surface area contributed by atoms with Gasteiger partial charge in [0.25, 0.3) is 5.91 Å². The Morgan fingerprint density at radius 3 is 2.75 bits per heavy atom. The largest absolute Gasteiger partial charge is 0.382 e. The summed E-state index contributed by atoms with van der Waals surface area (Å²) in [7, 11) is 0. The van der Waals surface area contributed by atoms with E-state index < -0.39 is 5.91 Å². The summed E-state index contributed by atoms with van der Waals surface area (Å²) in [5.41, 5.74) is 11.8. The van der Waals surface area contributed by atoms with Crippen LogP contribution in [0.2, 0.25) is 0 Å². The van der Waals surface area contributed by atoms with E-state index in [1.54, 1.807) is 4.68 Å². The van der Waals surface area contributed by atoms with Crippen LogP contribution in [0.1, 0.15) is 54.2 Å². The third kappa shape index (κ3) is 2.39. The highest BCUT2D eigenvalue weighted by Crippen LogP contribution is 2.34. The second kappa shape index (κ2) is 5.78. The van der Waals surface area contributed by atoms with Crippen molar-refractivity contribution in [3.63, 3.8) is 0 Å². The zero-order valence-corrected chi connectivity index (χ0v) is 11.4. The van der Waals surface area contributed by atoms with Gasteiger partial charge in [0.05, 0.1) is 23.7 Å². The highest BCUT2D eigenvalue weighted by molar-refractivity contribution is 6.00. The Kier molecular flexibility index (Phi) is 4.08. The summed E-state index contributed by atoms with van der Waals surface area (Å²) in [6, 6.07) is 2.27. The Morgan fingerprint density at radius 1 is 1.45 bits per heavy atom. The molecule has 1 amide bonds. The van der Waals surface area contributed by atoms with Crippen LogP contribution >= 0.6 is 0 Å². The summed E-state index contributed by atoms with van der Waals surface area (Å²) < 4.78 is 1.67. The molecule has 2 atom stereocenters. The van der Waals surface area contributed by atoms with Crippen LogP contribution in [-0.2, 0) is 0 Å². The van der Waals surface area contributed by atoms with E-state index in [1.807, 2.05) is 0 Å². The van der Waals surface area contributed by atoms with Gasteiger partial charge in [-0.15, -0.1) is 0 Å². The fourth-order valence-electron chi connectivity index (χ4n) is 2.90. The van der Waals surface area contributed by atoms with Crippen molar-refractivity contribution in [3.8, 4) is 6.07 Å². The Bertz CT molecular complexity index is 569. The van der Waals surface area contributed by atoms with Gasteiger partial charge in [0, 0.05) is 0 Å². The third-order valence-electron chi connectivity index (χ3n) is 3.87. The molecule has 1 aliphatic carbocycles. The lowest BCUT2D eigenvalue weighted by Crippen LogP contribution is -2.20. The van der Waals surface area contributed by atoms with Crippen LogP contribution in [0.3, 0.4) is 0 Å². The number of hydrogen-bond acceptors (Lipinski definition) is 4. The topological polar surface area (TPSA) is 111 Å². The van der Waals surface area contributed by atoms with Gasteiger partial charge < -0.3 is 11.5 Å². The van der Waals surface area contributed by atoms with Crippen molar-refractivity contribution in [1.29, 1.82) is 5.26 Å². The van der Waals surface area contributed by atoms with Crippen molar-refractivity contribution in [2.24, 2.45) is 11.7 Å². The number of amides is 1. The van der Waals surface area contributed by atoms with Crippen LogP contribution in [0.4, 0.5) is 5.82 Å². The van der Waals surface area contributed by atoms with E-state index in [9.17, 15) is 10.1 Å². The van der Waals surface area contributed by atoms with Crippen LogP contribution in [-0.4, -0.2) is 15.7 Å². The number of nitrogen functional groups attached to an aromatic ring is 1. The molecule has 6 nitrogen and oxygen atoms in total. The predicted octanol–water partition coefficient (Wildman–Crippen LogP) is 1.85.